The topological polar surface area (TPSA) is 114 Å². The third kappa shape index (κ3) is 8.01. The number of hydrogen-bond donors (Lipinski definition) is 2. The summed E-state index contributed by atoms with van der Waals surface area (Å²) in [5, 5.41) is 17.0. The van der Waals surface area contributed by atoms with Crippen LogP contribution in [-0.2, 0) is 9.53 Å². The SMILES string of the molecule is C=O.COCCNc1ccc([N+](=O)[O-])cc1C(=O)NCCCN1CCCCC1. The minimum Gasteiger partial charge on any atom is -0.383 e. The van der Waals surface area contributed by atoms with E-state index >= 15 is 0 Å². The Balaban J connectivity index is 0.00000190. The number of anilines is 1. The third-order valence-electron chi connectivity index (χ3n) is 4.47. The lowest BCUT2D eigenvalue weighted by Crippen LogP contribution is -2.33. The maximum absolute atomic E-state index is 12.5. The lowest BCUT2D eigenvalue weighted by atomic mass is 10.1. The van der Waals surface area contributed by atoms with Gasteiger partial charge in [0, 0.05) is 38.0 Å². The number of ether oxygens (including phenoxy) is 1. The van der Waals surface area contributed by atoms with Gasteiger partial charge in [0.25, 0.3) is 11.6 Å². The molecule has 1 saturated heterocycles. The molecule has 2 N–H and O–H groups in total. The van der Waals surface area contributed by atoms with Gasteiger partial charge in [-0.25, -0.2) is 0 Å². The summed E-state index contributed by atoms with van der Waals surface area (Å²) in [5.41, 5.74) is 0.759. The molecule has 0 spiro atoms. The van der Waals surface area contributed by atoms with Gasteiger partial charge in [0.1, 0.15) is 6.79 Å². The number of hydrogen-bond acceptors (Lipinski definition) is 7. The Kier molecular flexibility index (Phi) is 11.4. The molecule has 0 unspecified atom stereocenters. The van der Waals surface area contributed by atoms with Crippen molar-refractivity contribution < 1.29 is 19.2 Å². The number of nitrogens with one attached hydrogen (secondary N) is 2. The van der Waals surface area contributed by atoms with Crippen LogP contribution in [-0.4, -0.2) is 69.0 Å². The van der Waals surface area contributed by atoms with Gasteiger partial charge in [-0.3, -0.25) is 14.9 Å². The molecule has 1 aliphatic heterocycles. The van der Waals surface area contributed by atoms with Crippen molar-refractivity contribution in [2.45, 2.75) is 25.7 Å². The highest BCUT2D eigenvalue weighted by molar-refractivity contribution is 6.00. The van der Waals surface area contributed by atoms with Gasteiger partial charge in [0.05, 0.1) is 17.1 Å². The highest BCUT2D eigenvalue weighted by atomic mass is 16.6. The second-order valence-corrected chi connectivity index (χ2v) is 6.42. The Labute approximate surface area is 165 Å². The van der Waals surface area contributed by atoms with E-state index in [9.17, 15) is 14.9 Å². The van der Waals surface area contributed by atoms with Crippen molar-refractivity contribution in [2.24, 2.45) is 0 Å². The van der Waals surface area contributed by atoms with Gasteiger partial charge in [-0.15, -0.1) is 0 Å². The Bertz CT molecular complexity index is 620. The number of nitro benzene ring substituents is 1. The van der Waals surface area contributed by atoms with Crippen LogP contribution in [0.25, 0.3) is 0 Å². The molecule has 1 heterocycles. The van der Waals surface area contributed by atoms with Gasteiger partial charge in [-0.2, -0.15) is 0 Å². The molecule has 9 nitrogen and oxygen atoms in total. The van der Waals surface area contributed by atoms with E-state index in [1.165, 1.54) is 31.4 Å². The minimum atomic E-state index is -0.494. The monoisotopic (exact) mass is 394 g/mol. The van der Waals surface area contributed by atoms with Crippen molar-refractivity contribution in [1.29, 1.82) is 0 Å². The van der Waals surface area contributed by atoms with Crippen LogP contribution >= 0.6 is 0 Å². The van der Waals surface area contributed by atoms with E-state index in [4.69, 9.17) is 9.53 Å². The number of nitrogens with zero attached hydrogens (tertiary/aromatic N) is 2. The van der Waals surface area contributed by atoms with Crippen LogP contribution in [0.3, 0.4) is 0 Å². The fourth-order valence-electron chi connectivity index (χ4n) is 3.06. The van der Waals surface area contributed by atoms with Crippen LogP contribution in [0.5, 0.6) is 0 Å². The summed E-state index contributed by atoms with van der Waals surface area (Å²) in [4.78, 5) is 33.4. The number of amides is 1. The number of benzene rings is 1. The Hall–Kier alpha value is -2.52. The van der Waals surface area contributed by atoms with Gasteiger partial charge < -0.3 is 25.1 Å². The Morgan fingerprint density at radius 3 is 2.61 bits per heavy atom. The van der Waals surface area contributed by atoms with Crippen LogP contribution in [0, 0.1) is 10.1 Å². The van der Waals surface area contributed by atoms with Crippen LogP contribution < -0.4 is 10.6 Å². The maximum Gasteiger partial charge on any atom is 0.270 e. The van der Waals surface area contributed by atoms with Crippen molar-refractivity contribution in [3.63, 3.8) is 0 Å². The summed E-state index contributed by atoms with van der Waals surface area (Å²) in [7, 11) is 1.59. The Morgan fingerprint density at radius 2 is 1.96 bits per heavy atom. The van der Waals surface area contributed by atoms with Gasteiger partial charge in [0.2, 0.25) is 0 Å². The summed E-state index contributed by atoms with van der Waals surface area (Å²) >= 11 is 0. The zero-order valence-electron chi connectivity index (χ0n) is 16.4. The molecule has 28 heavy (non-hydrogen) atoms. The first kappa shape index (κ1) is 23.5. The molecule has 0 aromatic heterocycles. The fourth-order valence-corrected chi connectivity index (χ4v) is 3.06. The average Bonchev–Trinajstić information content (AvgIpc) is 2.73. The highest BCUT2D eigenvalue weighted by Crippen LogP contribution is 2.22. The molecule has 0 bridgehead atoms. The van der Waals surface area contributed by atoms with Gasteiger partial charge in [-0.1, -0.05) is 6.42 Å². The number of carbonyl (C=O) groups is 2. The highest BCUT2D eigenvalue weighted by Gasteiger charge is 2.17. The second kappa shape index (κ2) is 13.6. The van der Waals surface area contributed by atoms with Crippen molar-refractivity contribution >= 4 is 24.1 Å². The van der Waals surface area contributed by atoms with E-state index in [0.29, 0.717) is 25.4 Å². The number of methoxy groups -OCH3 is 1. The smallest absolute Gasteiger partial charge is 0.270 e. The predicted molar refractivity (Wildman–Crippen MR) is 108 cm³/mol. The molecule has 1 fully saturated rings. The Morgan fingerprint density at radius 1 is 1.25 bits per heavy atom. The van der Waals surface area contributed by atoms with Crippen molar-refractivity contribution in [3.05, 3.63) is 33.9 Å². The standard InChI is InChI=1S/C18H28N4O4.CH2O/c1-26-13-9-19-17-7-6-15(22(24)25)14-16(17)18(23)20-8-5-12-21-10-3-2-4-11-21;1-2/h6-7,14,19H,2-5,8-13H2,1H3,(H,20,23);1H2. The second-order valence-electron chi connectivity index (χ2n) is 6.42. The minimum absolute atomic E-state index is 0.0965. The van der Waals surface area contributed by atoms with Crippen LogP contribution in [0.15, 0.2) is 18.2 Å². The van der Waals surface area contributed by atoms with E-state index in [1.807, 2.05) is 6.79 Å². The molecule has 0 radical (unpaired) electrons. The normalized spacial score (nSPS) is 13.9. The first-order valence-electron chi connectivity index (χ1n) is 9.42. The maximum atomic E-state index is 12.5. The zero-order chi connectivity index (χ0) is 20.8. The van der Waals surface area contributed by atoms with Crippen molar-refractivity contribution in [1.82, 2.24) is 10.2 Å². The van der Waals surface area contributed by atoms with Crippen molar-refractivity contribution in [2.75, 3.05) is 51.8 Å². The predicted octanol–water partition coefficient (Wildman–Crippen LogP) is 2.07. The van der Waals surface area contributed by atoms with Gasteiger partial charge in [-0.05, 0) is 45.0 Å². The third-order valence-corrected chi connectivity index (χ3v) is 4.47. The molecular weight excluding hydrogens is 364 g/mol. The molecule has 0 saturated carbocycles. The molecule has 1 aromatic carbocycles. The van der Waals surface area contributed by atoms with Gasteiger partial charge >= 0.3 is 0 Å². The summed E-state index contributed by atoms with van der Waals surface area (Å²) in [5.74, 6) is -0.299. The first-order valence-corrected chi connectivity index (χ1v) is 9.42. The number of non-ortho nitro benzene ring substituents is 1. The van der Waals surface area contributed by atoms with E-state index in [0.717, 1.165) is 26.1 Å². The van der Waals surface area contributed by atoms with E-state index in [1.54, 1.807) is 13.2 Å². The molecule has 156 valence electrons. The van der Waals surface area contributed by atoms with E-state index in [2.05, 4.69) is 15.5 Å². The molecule has 2 rings (SSSR count). The average molecular weight is 394 g/mol. The van der Waals surface area contributed by atoms with Crippen molar-refractivity contribution in [3.8, 4) is 0 Å². The lowest BCUT2D eigenvalue weighted by molar-refractivity contribution is -0.384. The molecule has 1 aromatic rings. The molecular formula is C19H30N4O5. The number of rotatable bonds is 10. The summed E-state index contributed by atoms with van der Waals surface area (Å²) in [6, 6.07) is 4.27. The summed E-state index contributed by atoms with van der Waals surface area (Å²) in [6.45, 7) is 6.78. The molecule has 1 amide bonds. The van der Waals surface area contributed by atoms with E-state index < -0.39 is 4.92 Å². The number of carbonyl (C=O) groups excluding carboxylic acids is 2. The first-order chi connectivity index (χ1) is 13.6. The number of nitro groups is 1. The van der Waals surface area contributed by atoms with Crippen LogP contribution in [0.1, 0.15) is 36.0 Å². The largest absolute Gasteiger partial charge is 0.383 e. The fraction of sp³-hybridized carbons (Fsp3) is 0.579. The molecule has 1 aliphatic rings. The van der Waals surface area contributed by atoms with Crippen LogP contribution in [0.4, 0.5) is 11.4 Å². The molecule has 0 aliphatic carbocycles. The molecule has 0 atom stereocenters. The number of likely N-dealkylation sites (tertiary alicyclic amines) is 1. The molecule has 9 heteroatoms. The summed E-state index contributed by atoms with van der Waals surface area (Å²) in [6.07, 6.45) is 4.67. The summed E-state index contributed by atoms with van der Waals surface area (Å²) < 4.78 is 4.99. The van der Waals surface area contributed by atoms with E-state index in [-0.39, 0.29) is 17.2 Å². The van der Waals surface area contributed by atoms with Crippen LogP contribution in [0.2, 0.25) is 0 Å². The zero-order valence-corrected chi connectivity index (χ0v) is 16.4. The lowest BCUT2D eigenvalue weighted by Gasteiger charge is -2.26. The quantitative estimate of drug-likeness (QED) is 0.355. The van der Waals surface area contributed by atoms with Gasteiger partial charge in [0.15, 0.2) is 0 Å². The number of piperidine rings is 1.